The molecule has 0 spiro atoms. The SMILES string of the molecule is NC(=S)Nc1ccccc1C(=O)NCc1ccc(F)cc1. The van der Waals surface area contributed by atoms with E-state index in [9.17, 15) is 9.18 Å². The Morgan fingerprint density at radius 3 is 2.48 bits per heavy atom. The van der Waals surface area contributed by atoms with Gasteiger partial charge in [0.25, 0.3) is 5.91 Å². The fraction of sp³-hybridized carbons (Fsp3) is 0.0667. The maximum absolute atomic E-state index is 12.8. The van der Waals surface area contributed by atoms with Gasteiger partial charge >= 0.3 is 0 Å². The van der Waals surface area contributed by atoms with Gasteiger partial charge in [0.05, 0.1) is 11.3 Å². The number of benzene rings is 2. The minimum Gasteiger partial charge on any atom is -0.376 e. The van der Waals surface area contributed by atoms with Crippen LogP contribution in [0.4, 0.5) is 10.1 Å². The van der Waals surface area contributed by atoms with E-state index in [1.165, 1.54) is 12.1 Å². The van der Waals surface area contributed by atoms with Crippen molar-refractivity contribution in [1.29, 1.82) is 0 Å². The highest BCUT2D eigenvalue weighted by Gasteiger charge is 2.10. The lowest BCUT2D eigenvalue weighted by molar-refractivity contribution is 0.0952. The lowest BCUT2D eigenvalue weighted by Gasteiger charge is -2.11. The van der Waals surface area contributed by atoms with Gasteiger partial charge in [0.15, 0.2) is 5.11 Å². The van der Waals surface area contributed by atoms with Gasteiger partial charge in [0, 0.05) is 6.54 Å². The number of thiocarbonyl (C=S) groups is 1. The molecule has 0 atom stereocenters. The summed E-state index contributed by atoms with van der Waals surface area (Å²) >= 11 is 4.78. The van der Waals surface area contributed by atoms with E-state index in [0.717, 1.165) is 5.56 Å². The standard InChI is InChI=1S/C15H14FN3OS/c16-11-7-5-10(6-8-11)9-18-14(20)12-3-1-2-4-13(12)19-15(17)21/h1-8H,9H2,(H,18,20)(H3,17,19,21). The predicted molar refractivity (Wildman–Crippen MR) is 84.4 cm³/mol. The number of halogens is 1. The van der Waals surface area contributed by atoms with Crippen LogP contribution in [0.25, 0.3) is 0 Å². The topological polar surface area (TPSA) is 67.1 Å². The maximum Gasteiger partial charge on any atom is 0.253 e. The van der Waals surface area contributed by atoms with Gasteiger partial charge in [-0.3, -0.25) is 4.79 Å². The van der Waals surface area contributed by atoms with Crippen LogP contribution in [-0.2, 0) is 6.54 Å². The number of para-hydroxylation sites is 1. The van der Waals surface area contributed by atoms with Crippen molar-refractivity contribution in [1.82, 2.24) is 5.32 Å². The summed E-state index contributed by atoms with van der Waals surface area (Å²) in [6.45, 7) is 0.306. The van der Waals surface area contributed by atoms with Crippen LogP contribution in [0.5, 0.6) is 0 Å². The number of anilines is 1. The number of hydrogen-bond acceptors (Lipinski definition) is 2. The number of nitrogens with two attached hydrogens (primary N) is 1. The van der Waals surface area contributed by atoms with E-state index in [1.807, 2.05) is 0 Å². The first-order valence-electron chi connectivity index (χ1n) is 6.24. The third kappa shape index (κ3) is 4.25. The molecule has 2 aromatic rings. The molecule has 108 valence electrons. The largest absolute Gasteiger partial charge is 0.376 e. The molecule has 0 radical (unpaired) electrons. The lowest BCUT2D eigenvalue weighted by Crippen LogP contribution is -2.26. The molecule has 0 aliphatic carbocycles. The first kappa shape index (κ1) is 14.9. The highest BCUT2D eigenvalue weighted by atomic mass is 32.1. The third-order valence-corrected chi connectivity index (χ3v) is 2.90. The summed E-state index contributed by atoms with van der Waals surface area (Å²) in [5.41, 5.74) is 7.22. The van der Waals surface area contributed by atoms with Crippen LogP contribution in [0.3, 0.4) is 0 Å². The van der Waals surface area contributed by atoms with Crippen molar-refractivity contribution in [3.05, 3.63) is 65.5 Å². The van der Waals surface area contributed by atoms with E-state index in [0.29, 0.717) is 17.8 Å². The van der Waals surface area contributed by atoms with Crippen molar-refractivity contribution < 1.29 is 9.18 Å². The molecule has 0 aliphatic heterocycles. The average molecular weight is 303 g/mol. The van der Waals surface area contributed by atoms with Crippen LogP contribution < -0.4 is 16.4 Å². The van der Waals surface area contributed by atoms with Gasteiger partial charge in [0.1, 0.15) is 5.82 Å². The molecule has 0 saturated carbocycles. The zero-order valence-electron chi connectivity index (χ0n) is 11.1. The Hall–Kier alpha value is -2.47. The number of nitrogens with one attached hydrogen (secondary N) is 2. The van der Waals surface area contributed by atoms with Crippen molar-refractivity contribution in [2.45, 2.75) is 6.54 Å². The Morgan fingerprint density at radius 2 is 1.81 bits per heavy atom. The molecule has 21 heavy (non-hydrogen) atoms. The van der Waals surface area contributed by atoms with E-state index >= 15 is 0 Å². The van der Waals surface area contributed by atoms with Crippen LogP contribution in [0.15, 0.2) is 48.5 Å². The van der Waals surface area contributed by atoms with Gasteiger partial charge in [-0.05, 0) is 42.0 Å². The smallest absolute Gasteiger partial charge is 0.253 e. The van der Waals surface area contributed by atoms with Crippen LogP contribution >= 0.6 is 12.2 Å². The fourth-order valence-corrected chi connectivity index (χ4v) is 1.91. The maximum atomic E-state index is 12.8. The minimum atomic E-state index is -0.309. The highest BCUT2D eigenvalue weighted by Crippen LogP contribution is 2.15. The molecule has 0 aliphatic rings. The summed E-state index contributed by atoms with van der Waals surface area (Å²) < 4.78 is 12.8. The lowest BCUT2D eigenvalue weighted by atomic mass is 10.1. The normalized spacial score (nSPS) is 9.95. The first-order chi connectivity index (χ1) is 10.1. The van der Waals surface area contributed by atoms with Crippen LogP contribution in [-0.4, -0.2) is 11.0 Å². The number of rotatable bonds is 4. The van der Waals surface area contributed by atoms with Gasteiger partial charge in [-0.15, -0.1) is 0 Å². The first-order valence-corrected chi connectivity index (χ1v) is 6.65. The minimum absolute atomic E-state index is 0.0915. The predicted octanol–water partition coefficient (Wildman–Crippen LogP) is 2.41. The molecule has 4 nitrogen and oxygen atoms in total. The van der Waals surface area contributed by atoms with Crippen molar-refractivity contribution >= 4 is 28.9 Å². The molecule has 0 fully saturated rings. The van der Waals surface area contributed by atoms with Crippen molar-refractivity contribution in [3.63, 3.8) is 0 Å². The Morgan fingerprint density at radius 1 is 1.14 bits per heavy atom. The second kappa shape index (κ2) is 6.81. The molecule has 1 amide bonds. The summed E-state index contributed by atoms with van der Waals surface area (Å²) in [7, 11) is 0. The molecule has 0 bridgehead atoms. The second-order valence-electron chi connectivity index (χ2n) is 4.34. The van der Waals surface area contributed by atoms with Gasteiger partial charge in [-0.25, -0.2) is 4.39 Å². The van der Waals surface area contributed by atoms with Gasteiger partial charge in [-0.2, -0.15) is 0 Å². The quantitative estimate of drug-likeness (QED) is 0.759. The Labute approximate surface area is 127 Å². The Bertz CT molecular complexity index is 658. The third-order valence-electron chi connectivity index (χ3n) is 2.80. The number of carbonyl (C=O) groups is 1. The van der Waals surface area contributed by atoms with Crippen molar-refractivity contribution in [2.75, 3.05) is 5.32 Å². The zero-order valence-corrected chi connectivity index (χ0v) is 11.9. The average Bonchev–Trinajstić information content (AvgIpc) is 2.46. The van der Waals surface area contributed by atoms with E-state index in [2.05, 4.69) is 10.6 Å². The van der Waals surface area contributed by atoms with Gasteiger partial charge in [-0.1, -0.05) is 24.3 Å². The summed E-state index contributed by atoms with van der Waals surface area (Å²) in [6, 6.07) is 12.8. The van der Waals surface area contributed by atoms with Crippen LogP contribution in [0, 0.1) is 5.82 Å². The molecule has 6 heteroatoms. The monoisotopic (exact) mass is 303 g/mol. The van der Waals surface area contributed by atoms with E-state index in [-0.39, 0.29) is 16.8 Å². The molecule has 0 unspecified atom stereocenters. The summed E-state index contributed by atoms with van der Waals surface area (Å²) in [5, 5.41) is 5.61. The molecular formula is C15H14FN3OS. The molecule has 4 N–H and O–H groups in total. The van der Waals surface area contributed by atoms with Crippen LogP contribution in [0.1, 0.15) is 15.9 Å². The molecule has 0 heterocycles. The Balaban J connectivity index is 2.06. The van der Waals surface area contributed by atoms with Crippen LogP contribution in [0.2, 0.25) is 0 Å². The molecule has 2 rings (SSSR count). The van der Waals surface area contributed by atoms with E-state index < -0.39 is 0 Å². The fourth-order valence-electron chi connectivity index (χ4n) is 1.80. The van der Waals surface area contributed by atoms with Crippen molar-refractivity contribution in [3.8, 4) is 0 Å². The number of hydrogen-bond donors (Lipinski definition) is 3. The highest BCUT2D eigenvalue weighted by molar-refractivity contribution is 7.80. The zero-order chi connectivity index (χ0) is 15.2. The Kier molecular flexibility index (Phi) is 4.84. The second-order valence-corrected chi connectivity index (χ2v) is 4.78. The summed E-state index contributed by atoms with van der Waals surface area (Å²) in [5.74, 6) is -0.574. The number of carbonyl (C=O) groups excluding carboxylic acids is 1. The van der Waals surface area contributed by atoms with Crippen molar-refractivity contribution in [2.24, 2.45) is 5.73 Å². The number of amides is 1. The molecule has 0 aromatic heterocycles. The molecular weight excluding hydrogens is 289 g/mol. The molecule has 0 saturated heterocycles. The van der Waals surface area contributed by atoms with E-state index in [4.69, 9.17) is 18.0 Å². The molecule has 2 aromatic carbocycles. The van der Waals surface area contributed by atoms with Gasteiger partial charge < -0.3 is 16.4 Å². The summed E-state index contributed by atoms with van der Waals surface area (Å²) in [6.07, 6.45) is 0. The van der Waals surface area contributed by atoms with E-state index in [1.54, 1.807) is 36.4 Å². The summed E-state index contributed by atoms with van der Waals surface area (Å²) in [4.78, 5) is 12.2. The van der Waals surface area contributed by atoms with Gasteiger partial charge in [0.2, 0.25) is 0 Å².